The summed E-state index contributed by atoms with van der Waals surface area (Å²) in [6.07, 6.45) is -4.50. The monoisotopic (exact) mass is 594 g/mol. The van der Waals surface area contributed by atoms with Crippen molar-refractivity contribution in [1.29, 1.82) is 0 Å². The third kappa shape index (κ3) is 5.38. The number of hydrogen-bond donors (Lipinski definition) is 1. The van der Waals surface area contributed by atoms with Crippen LogP contribution in [-0.2, 0) is 16.2 Å². The topological polar surface area (TPSA) is 58.6 Å². The van der Waals surface area contributed by atoms with Crippen molar-refractivity contribution in [2.75, 3.05) is 24.9 Å². The van der Waals surface area contributed by atoms with Crippen molar-refractivity contribution in [3.05, 3.63) is 62.9 Å². The van der Waals surface area contributed by atoms with Crippen molar-refractivity contribution in [2.45, 2.75) is 23.6 Å². The van der Waals surface area contributed by atoms with Gasteiger partial charge in [0.25, 0.3) is 10.0 Å². The molecule has 2 heterocycles. The van der Waals surface area contributed by atoms with E-state index in [1.54, 1.807) is 0 Å². The Kier molecular flexibility index (Phi) is 7.21. The van der Waals surface area contributed by atoms with Crippen molar-refractivity contribution in [1.82, 2.24) is 4.90 Å². The molecule has 1 saturated heterocycles. The van der Waals surface area contributed by atoms with E-state index in [1.165, 1.54) is 0 Å². The number of likely N-dealkylation sites (tertiary alicyclic amines) is 1. The first-order valence-corrected chi connectivity index (χ1v) is 13.6. The Bertz CT molecular complexity index is 1300. The minimum Gasteiger partial charge on any atom is -0.488 e. The number of sulfonamides is 1. The number of rotatable bonds is 6. The molecule has 182 valence electrons. The second kappa shape index (κ2) is 9.69. The van der Waals surface area contributed by atoms with Crippen LogP contribution in [0.3, 0.4) is 0 Å². The zero-order valence-electron chi connectivity index (χ0n) is 17.7. The third-order valence-corrected chi connectivity index (χ3v) is 9.71. The highest BCUT2D eigenvalue weighted by molar-refractivity contribution is 9.10. The highest BCUT2D eigenvalue weighted by atomic mass is 79.9. The standard InChI is InChI=1S/C22H19BrClF3N2O3S2/c1-29-10-9-15(12-29)32-17-11-14(7-8-16(17)22(25,26)27)28-34(30,31)20-18(23)19(33-21(20)24)13-5-3-2-4-6-13/h2-8,11,15,28H,9-10,12H2,1H3/t15-/m1/s1. The molecule has 1 aliphatic heterocycles. The number of alkyl halides is 3. The van der Waals surface area contributed by atoms with E-state index >= 15 is 0 Å². The number of ether oxygens (including phenoxy) is 1. The first-order valence-electron chi connectivity index (χ1n) is 10.1. The van der Waals surface area contributed by atoms with Crippen LogP contribution in [0.15, 0.2) is 57.9 Å². The van der Waals surface area contributed by atoms with Gasteiger partial charge in [0, 0.05) is 19.2 Å². The molecule has 1 fully saturated rings. The minimum absolute atomic E-state index is 0.0237. The molecule has 0 saturated carbocycles. The van der Waals surface area contributed by atoms with E-state index in [-0.39, 0.29) is 19.4 Å². The van der Waals surface area contributed by atoms with E-state index in [0.717, 1.165) is 35.1 Å². The van der Waals surface area contributed by atoms with E-state index in [9.17, 15) is 21.6 Å². The van der Waals surface area contributed by atoms with E-state index in [0.29, 0.717) is 24.4 Å². The summed E-state index contributed by atoms with van der Waals surface area (Å²) in [5.41, 5.74) is -0.259. The Hall–Kier alpha value is -1.79. The third-order valence-electron chi connectivity index (χ3n) is 5.25. The van der Waals surface area contributed by atoms with Crippen LogP contribution in [0.4, 0.5) is 18.9 Å². The number of likely N-dealkylation sites (N-methyl/N-ethyl adjacent to an activating group) is 1. The molecule has 2 aromatic carbocycles. The molecule has 0 radical (unpaired) electrons. The molecular formula is C22H19BrClF3N2O3S2. The van der Waals surface area contributed by atoms with Gasteiger partial charge >= 0.3 is 6.18 Å². The molecule has 0 aliphatic carbocycles. The van der Waals surface area contributed by atoms with Gasteiger partial charge in [-0.2, -0.15) is 13.2 Å². The van der Waals surface area contributed by atoms with Crippen LogP contribution in [0.2, 0.25) is 4.34 Å². The summed E-state index contributed by atoms with van der Waals surface area (Å²) in [4.78, 5) is 2.39. The molecule has 1 atom stereocenters. The van der Waals surface area contributed by atoms with Crippen LogP contribution in [0.1, 0.15) is 12.0 Å². The number of halogens is 5. The SMILES string of the molecule is CN1CC[C@@H](Oc2cc(NS(=O)(=O)c3c(Cl)sc(-c4ccccc4)c3Br)ccc2C(F)(F)F)C1. The van der Waals surface area contributed by atoms with Gasteiger partial charge in [0.1, 0.15) is 21.1 Å². The molecule has 1 N–H and O–H groups in total. The molecule has 0 amide bonds. The van der Waals surface area contributed by atoms with Crippen LogP contribution < -0.4 is 9.46 Å². The Morgan fingerprint density at radius 3 is 2.53 bits per heavy atom. The number of benzene rings is 2. The summed E-state index contributed by atoms with van der Waals surface area (Å²) in [5, 5.41) is 0. The van der Waals surface area contributed by atoms with Gasteiger partial charge in [-0.05, 0) is 47.1 Å². The van der Waals surface area contributed by atoms with Crippen molar-refractivity contribution >= 4 is 54.6 Å². The van der Waals surface area contributed by atoms with Crippen molar-refractivity contribution < 1.29 is 26.3 Å². The fourth-order valence-corrected chi connectivity index (χ4v) is 8.28. The molecule has 0 spiro atoms. The van der Waals surface area contributed by atoms with Gasteiger partial charge in [0.15, 0.2) is 0 Å². The Morgan fingerprint density at radius 1 is 1.21 bits per heavy atom. The largest absolute Gasteiger partial charge is 0.488 e. The molecule has 1 aliphatic rings. The fourth-order valence-electron chi connectivity index (χ4n) is 3.66. The van der Waals surface area contributed by atoms with Gasteiger partial charge in [-0.15, -0.1) is 11.3 Å². The molecular weight excluding hydrogens is 577 g/mol. The van der Waals surface area contributed by atoms with E-state index in [4.69, 9.17) is 16.3 Å². The van der Waals surface area contributed by atoms with Gasteiger partial charge in [-0.25, -0.2) is 8.42 Å². The van der Waals surface area contributed by atoms with Crippen molar-refractivity contribution in [3.63, 3.8) is 0 Å². The summed E-state index contributed by atoms with van der Waals surface area (Å²) >= 11 is 10.7. The summed E-state index contributed by atoms with van der Waals surface area (Å²) < 4.78 is 75.3. The summed E-state index contributed by atoms with van der Waals surface area (Å²) in [5.74, 6) is -0.423. The lowest BCUT2D eigenvalue weighted by Crippen LogP contribution is -2.23. The Balaban J connectivity index is 1.67. The summed E-state index contributed by atoms with van der Waals surface area (Å²) in [7, 11) is -2.37. The van der Waals surface area contributed by atoms with E-state index in [1.807, 2.05) is 42.3 Å². The lowest BCUT2D eigenvalue weighted by Gasteiger charge is -2.19. The number of nitrogens with one attached hydrogen (secondary N) is 1. The van der Waals surface area contributed by atoms with E-state index in [2.05, 4.69) is 20.7 Å². The first-order chi connectivity index (χ1) is 16.0. The number of nitrogens with zero attached hydrogens (tertiary/aromatic N) is 1. The normalized spacial score (nSPS) is 17.2. The second-order valence-electron chi connectivity index (χ2n) is 7.82. The average Bonchev–Trinajstić information content (AvgIpc) is 3.29. The predicted molar refractivity (Wildman–Crippen MR) is 131 cm³/mol. The number of anilines is 1. The molecule has 34 heavy (non-hydrogen) atoms. The predicted octanol–water partition coefficient (Wildman–Crippen LogP) is 6.73. The second-order valence-corrected chi connectivity index (χ2v) is 11.9. The molecule has 0 bridgehead atoms. The van der Waals surface area contributed by atoms with Gasteiger partial charge < -0.3 is 9.64 Å². The molecule has 5 nitrogen and oxygen atoms in total. The average molecular weight is 596 g/mol. The maximum absolute atomic E-state index is 13.6. The van der Waals surface area contributed by atoms with Crippen LogP contribution in [0.5, 0.6) is 5.75 Å². The highest BCUT2D eigenvalue weighted by Crippen LogP contribution is 2.46. The highest BCUT2D eigenvalue weighted by Gasteiger charge is 2.36. The summed E-state index contributed by atoms with van der Waals surface area (Å²) in [6.45, 7) is 1.18. The van der Waals surface area contributed by atoms with E-state index < -0.39 is 33.6 Å². The van der Waals surface area contributed by atoms with Crippen LogP contribution in [-0.4, -0.2) is 39.6 Å². The Labute approximate surface area is 212 Å². The lowest BCUT2D eigenvalue weighted by molar-refractivity contribution is -0.139. The van der Waals surface area contributed by atoms with Crippen LogP contribution in [0.25, 0.3) is 10.4 Å². The van der Waals surface area contributed by atoms with Crippen LogP contribution >= 0.6 is 38.9 Å². The molecule has 12 heteroatoms. The maximum atomic E-state index is 13.6. The minimum atomic E-state index is -4.65. The molecule has 3 aromatic rings. The summed E-state index contributed by atoms with van der Waals surface area (Å²) in [6, 6.07) is 12.0. The first kappa shape index (κ1) is 25.3. The number of hydrogen-bond acceptors (Lipinski definition) is 5. The quantitative estimate of drug-likeness (QED) is 0.343. The van der Waals surface area contributed by atoms with Gasteiger partial charge in [-0.1, -0.05) is 41.9 Å². The smallest absolute Gasteiger partial charge is 0.419 e. The zero-order chi connectivity index (χ0) is 24.7. The fraction of sp³-hybridized carbons (Fsp3) is 0.273. The number of thiophene rings is 1. The van der Waals surface area contributed by atoms with Crippen molar-refractivity contribution in [2.24, 2.45) is 0 Å². The zero-order valence-corrected chi connectivity index (χ0v) is 21.7. The lowest BCUT2D eigenvalue weighted by atomic mass is 10.1. The Morgan fingerprint density at radius 2 is 1.91 bits per heavy atom. The maximum Gasteiger partial charge on any atom is 0.419 e. The van der Waals surface area contributed by atoms with Gasteiger partial charge in [0.2, 0.25) is 0 Å². The molecule has 1 aromatic heterocycles. The van der Waals surface area contributed by atoms with Gasteiger partial charge in [-0.3, -0.25) is 4.72 Å². The van der Waals surface area contributed by atoms with Crippen molar-refractivity contribution in [3.8, 4) is 16.2 Å². The van der Waals surface area contributed by atoms with Crippen LogP contribution in [0, 0.1) is 0 Å². The molecule has 4 rings (SSSR count). The van der Waals surface area contributed by atoms with Gasteiger partial charge in [0.05, 0.1) is 20.6 Å². The molecule has 0 unspecified atom stereocenters.